The average molecular weight is 278 g/mol. The molecule has 1 N–H and O–H groups in total. The third-order valence-electron chi connectivity index (χ3n) is 4.84. The van der Waals surface area contributed by atoms with Gasteiger partial charge in [0.05, 0.1) is 0 Å². The molecule has 0 aromatic heterocycles. The van der Waals surface area contributed by atoms with E-state index in [0.717, 1.165) is 18.0 Å². The number of halogens is 1. The van der Waals surface area contributed by atoms with Crippen LogP contribution in [0.15, 0.2) is 24.3 Å². The van der Waals surface area contributed by atoms with Crippen molar-refractivity contribution in [3.05, 3.63) is 35.6 Å². The van der Waals surface area contributed by atoms with Crippen molar-refractivity contribution in [3.63, 3.8) is 0 Å². The summed E-state index contributed by atoms with van der Waals surface area (Å²) in [7, 11) is 4.14. The summed E-state index contributed by atoms with van der Waals surface area (Å²) in [4.78, 5) is 2.26. The van der Waals surface area contributed by atoms with Crippen molar-refractivity contribution in [2.75, 3.05) is 20.6 Å². The Morgan fingerprint density at radius 3 is 2.55 bits per heavy atom. The molecule has 1 aromatic carbocycles. The highest BCUT2D eigenvalue weighted by atomic mass is 19.1. The third kappa shape index (κ3) is 3.58. The quantitative estimate of drug-likeness (QED) is 0.855. The minimum absolute atomic E-state index is 0.103. The van der Waals surface area contributed by atoms with Gasteiger partial charge in [-0.05, 0) is 45.8 Å². The first kappa shape index (κ1) is 15.5. The molecule has 112 valence electrons. The van der Waals surface area contributed by atoms with Crippen molar-refractivity contribution >= 4 is 0 Å². The van der Waals surface area contributed by atoms with Crippen LogP contribution >= 0.6 is 0 Å². The molecule has 1 saturated carbocycles. The SMILES string of the molecule is CNC(CN(C)C(C)c1ccccc1F)C1CCCC1. The molecule has 0 heterocycles. The number of nitrogens with one attached hydrogen (secondary N) is 1. The van der Waals surface area contributed by atoms with Crippen LogP contribution in [0.2, 0.25) is 0 Å². The minimum Gasteiger partial charge on any atom is -0.315 e. The van der Waals surface area contributed by atoms with Crippen LogP contribution in [0.25, 0.3) is 0 Å². The number of benzene rings is 1. The summed E-state index contributed by atoms with van der Waals surface area (Å²) in [5, 5.41) is 3.46. The van der Waals surface area contributed by atoms with Crippen LogP contribution in [0.5, 0.6) is 0 Å². The first-order valence-electron chi connectivity index (χ1n) is 7.75. The molecule has 0 amide bonds. The number of nitrogens with zero attached hydrogens (tertiary/aromatic N) is 1. The molecule has 20 heavy (non-hydrogen) atoms. The summed E-state index contributed by atoms with van der Waals surface area (Å²) in [5.41, 5.74) is 0.788. The lowest BCUT2D eigenvalue weighted by molar-refractivity contribution is 0.201. The molecule has 1 aromatic rings. The highest BCUT2D eigenvalue weighted by Gasteiger charge is 2.26. The molecule has 0 spiro atoms. The van der Waals surface area contributed by atoms with Crippen LogP contribution in [-0.4, -0.2) is 31.6 Å². The molecule has 3 heteroatoms. The van der Waals surface area contributed by atoms with E-state index in [1.54, 1.807) is 12.1 Å². The van der Waals surface area contributed by atoms with Gasteiger partial charge in [0.1, 0.15) is 5.82 Å². The van der Waals surface area contributed by atoms with Gasteiger partial charge in [0.2, 0.25) is 0 Å². The summed E-state index contributed by atoms with van der Waals surface area (Å²) in [6, 6.07) is 7.72. The normalized spacial score (nSPS) is 19.4. The van der Waals surface area contributed by atoms with Gasteiger partial charge in [0, 0.05) is 24.2 Å². The number of rotatable bonds is 6. The molecule has 2 nitrogen and oxygen atoms in total. The van der Waals surface area contributed by atoms with Crippen LogP contribution in [-0.2, 0) is 0 Å². The average Bonchev–Trinajstić information content (AvgIpc) is 2.98. The van der Waals surface area contributed by atoms with Crippen molar-refractivity contribution in [1.82, 2.24) is 10.2 Å². The molecule has 1 aliphatic rings. The monoisotopic (exact) mass is 278 g/mol. The molecule has 2 rings (SSSR count). The van der Waals surface area contributed by atoms with E-state index in [2.05, 4.69) is 24.2 Å². The van der Waals surface area contributed by atoms with Gasteiger partial charge in [-0.1, -0.05) is 31.0 Å². The van der Waals surface area contributed by atoms with Gasteiger partial charge >= 0.3 is 0 Å². The molecule has 1 fully saturated rings. The number of hydrogen-bond acceptors (Lipinski definition) is 2. The lowest BCUT2D eigenvalue weighted by Crippen LogP contribution is -2.43. The third-order valence-corrected chi connectivity index (χ3v) is 4.84. The van der Waals surface area contributed by atoms with Crippen molar-refractivity contribution in [2.45, 2.75) is 44.7 Å². The highest BCUT2D eigenvalue weighted by molar-refractivity contribution is 5.20. The van der Waals surface area contributed by atoms with E-state index in [-0.39, 0.29) is 11.9 Å². The topological polar surface area (TPSA) is 15.3 Å². The van der Waals surface area contributed by atoms with Crippen LogP contribution in [0.3, 0.4) is 0 Å². The molecule has 2 atom stereocenters. The zero-order valence-electron chi connectivity index (χ0n) is 12.9. The molecule has 0 saturated heterocycles. The van der Waals surface area contributed by atoms with Crippen LogP contribution in [0, 0.1) is 11.7 Å². The summed E-state index contributed by atoms with van der Waals surface area (Å²) >= 11 is 0. The first-order chi connectivity index (χ1) is 9.63. The molecule has 0 bridgehead atoms. The fraction of sp³-hybridized carbons (Fsp3) is 0.647. The molecule has 2 unspecified atom stereocenters. The van der Waals surface area contributed by atoms with Crippen molar-refractivity contribution < 1.29 is 4.39 Å². The standard InChI is InChI=1S/C17H27FN2/c1-13(15-10-6-7-11-16(15)18)20(3)12-17(19-2)14-8-4-5-9-14/h6-7,10-11,13-14,17,19H,4-5,8-9,12H2,1-3H3. The zero-order chi connectivity index (χ0) is 14.5. The molecular formula is C17H27FN2. The maximum atomic E-state index is 13.9. The first-order valence-corrected chi connectivity index (χ1v) is 7.75. The van der Waals surface area contributed by atoms with Gasteiger partial charge in [-0.3, -0.25) is 4.90 Å². The summed E-state index contributed by atoms with van der Waals surface area (Å²) in [6.07, 6.45) is 5.37. The van der Waals surface area contributed by atoms with E-state index in [4.69, 9.17) is 0 Å². The second-order valence-corrected chi connectivity index (χ2v) is 6.08. The zero-order valence-corrected chi connectivity index (χ0v) is 12.9. The Bertz CT molecular complexity index is 415. The molecule has 0 aliphatic heterocycles. The van der Waals surface area contributed by atoms with Crippen LogP contribution in [0.4, 0.5) is 4.39 Å². The van der Waals surface area contributed by atoms with Gasteiger partial charge in [-0.2, -0.15) is 0 Å². The van der Waals surface area contributed by atoms with Crippen molar-refractivity contribution in [2.24, 2.45) is 5.92 Å². The van der Waals surface area contributed by atoms with Gasteiger partial charge in [0.15, 0.2) is 0 Å². The second kappa shape index (κ2) is 7.19. The maximum absolute atomic E-state index is 13.9. The second-order valence-electron chi connectivity index (χ2n) is 6.08. The van der Waals surface area contributed by atoms with E-state index >= 15 is 0 Å². The van der Waals surface area contributed by atoms with Crippen molar-refractivity contribution in [3.8, 4) is 0 Å². The lowest BCUT2D eigenvalue weighted by atomic mass is 9.97. The smallest absolute Gasteiger partial charge is 0.127 e. The number of likely N-dealkylation sites (N-methyl/N-ethyl adjacent to an activating group) is 2. The highest BCUT2D eigenvalue weighted by Crippen LogP contribution is 2.29. The minimum atomic E-state index is -0.103. The fourth-order valence-corrected chi connectivity index (χ4v) is 3.36. The number of hydrogen-bond donors (Lipinski definition) is 1. The van der Waals surface area contributed by atoms with E-state index in [1.165, 1.54) is 25.7 Å². The Morgan fingerprint density at radius 2 is 1.95 bits per heavy atom. The van der Waals surface area contributed by atoms with E-state index in [0.29, 0.717) is 6.04 Å². The molecular weight excluding hydrogens is 251 g/mol. The fourth-order valence-electron chi connectivity index (χ4n) is 3.36. The van der Waals surface area contributed by atoms with E-state index < -0.39 is 0 Å². The van der Waals surface area contributed by atoms with Gasteiger partial charge < -0.3 is 5.32 Å². The predicted molar refractivity (Wildman–Crippen MR) is 82.3 cm³/mol. The summed E-state index contributed by atoms with van der Waals surface area (Å²) in [6.45, 7) is 3.05. The Hall–Kier alpha value is -0.930. The van der Waals surface area contributed by atoms with Crippen LogP contribution in [0.1, 0.15) is 44.2 Å². The predicted octanol–water partition coefficient (Wildman–Crippen LogP) is 3.60. The lowest BCUT2D eigenvalue weighted by Gasteiger charge is -2.32. The van der Waals surface area contributed by atoms with Crippen LogP contribution < -0.4 is 5.32 Å². The van der Waals surface area contributed by atoms with Gasteiger partial charge in [-0.15, -0.1) is 0 Å². The van der Waals surface area contributed by atoms with Gasteiger partial charge in [0.25, 0.3) is 0 Å². The molecule has 0 radical (unpaired) electrons. The largest absolute Gasteiger partial charge is 0.315 e. The maximum Gasteiger partial charge on any atom is 0.127 e. The Labute approximate surface area is 122 Å². The van der Waals surface area contributed by atoms with Crippen molar-refractivity contribution in [1.29, 1.82) is 0 Å². The van der Waals surface area contributed by atoms with E-state index in [1.807, 2.05) is 19.2 Å². The summed E-state index contributed by atoms with van der Waals surface area (Å²) in [5.74, 6) is 0.670. The Kier molecular flexibility index (Phi) is 5.55. The Morgan fingerprint density at radius 1 is 1.30 bits per heavy atom. The van der Waals surface area contributed by atoms with Gasteiger partial charge in [-0.25, -0.2) is 4.39 Å². The molecule has 1 aliphatic carbocycles. The summed E-state index contributed by atoms with van der Waals surface area (Å²) < 4.78 is 13.9. The van der Waals surface area contributed by atoms with E-state index in [9.17, 15) is 4.39 Å². The Balaban J connectivity index is 1.99.